The summed E-state index contributed by atoms with van der Waals surface area (Å²) >= 11 is 0. The van der Waals surface area contributed by atoms with Crippen LogP contribution in [0.15, 0.2) is 16.5 Å². The molecule has 1 rings (SSSR count). The van der Waals surface area contributed by atoms with Crippen molar-refractivity contribution in [1.82, 2.24) is 5.32 Å². The molecule has 0 saturated carbocycles. The van der Waals surface area contributed by atoms with Gasteiger partial charge in [0.1, 0.15) is 18.1 Å². The van der Waals surface area contributed by atoms with Crippen molar-refractivity contribution in [1.29, 1.82) is 0 Å². The Kier molecular flexibility index (Phi) is 5.68. The molecule has 1 aromatic heterocycles. The van der Waals surface area contributed by atoms with E-state index < -0.39 is 0 Å². The van der Waals surface area contributed by atoms with E-state index in [4.69, 9.17) is 13.9 Å². The molecule has 0 unspecified atom stereocenters. The van der Waals surface area contributed by atoms with Crippen LogP contribution < -0.4 is 5.32 Å². The number of hydrogen-bond donors (Lipinski definition) is 1. The normalized spacial score (nSPS) is 12.0. The summed E-state index contributed by atoms with van der Waals surface area (Å²) in [7, 11) is 1.89. The first-order valence-electron chi connectivity index (χ1n) is 5.95. The van der Waals surface area contributed by atoms with Crippen molar-refractivity contribution >= 4 is 0 Å². The van der Waals surface area contributed by atoms with E-state index in [1.54, 1.807) is 0 Å². The second kappa shape index (κ2) is 6.79. The molecule has 98 valence electrons. The van der Waals surface area contributed by atoms with Crippen LogP contribution in [0.2, 0.25) is 0 Å². The standard InChI is InChI=1S/C13H23NO3/c1-13(2,3)16-8-7-15-10-12-6-5-11(17-12)9-14-4/h5-6,14H,7-10H2,1-4H3. The fourth-order valence-corrected chi connectivity index (χ4v) is 1.35. The first-order chi connectivity index (χ1) is 8.01. The van der Waals surface area contributed by atoms with Gasteiger partial charge in [-0.1, -0.05) is 0 Å². The first kappa shape index (κ1) is 14.2. The van der Waals surface area contributed by atoms with Gasteiger partial charge in [-0.15, -0.1) is 0 Å². The highest BCUT2D eigenvalue weighted by Crippen LogP contribution is 2.09. The summed E-state index contributed by atoms with van der Waals surface area (Å²) in [4.78, 5) is 0. The molecule has 0 fully saturated rings. The molecule has 17 heavy (non-hydrogen) atoms. The van der Waals surface area contributed by atoms with Crippen LogP contribution in [0.1, 0.15) is 32.3 Å². The van der Waals surface area contributed by atoms with Gasteiger partial charge in [-0.05, 0) is 40.0 Å². The third kappa shape index (κ3) is 6.46. The minimum atomic E-state index is -0.103. The average molecular weight is 241 g/mol. The molecule has 1 heterocycles. The molecule has 0 aliphatic rings. The van der Waals surface area contributed by atoms with E-state index in [9.17, 15) is 0 Å². The molecule has 1 aromatic rings. The fraction of sp³-hybridized carbons (Fsp3) is 0.692. The highest BCUT2D eigenvalue weighted by Gasteiger charge is 2.09. The van der Waals surface area contributed by atoms with E-state index in [0.29, 0.717) is 19.8 Å². The monoisotopic (exact) mass is 241 g/mol. The lowest BCUT2D eigenvalue weighted by molar-refractivity contribution is -0.0395. The molecule has 0 aliphatic heterocycles. The predicted molar refractivity (Wildman–Crippen MR) is 66.8 cm³/mol. The van der Waals surface area contributed by atoms with Gasteiger partial charge in [0.05, 0.1) is 25.4 Å². The molecule has 0 aromatic carbocycles. The number of ether oxygens (including phenoxy) is 2. The van der Waals surface area contributed by atoms with Gasteiger partial charge in [0.25, 0.3) is 0 Å². The van der Waals surface area contributed by atoms with Crippen molar-refractivity contribution in [3.63, 3.8) is 0 Å². The van der Waals surface area contributed by atoms with Crippen molar-refractivity contribution in [3.05, 3.63) is 23.7 Å². The van der Waals surface area contributed by atoms with Gasteiger partial charge in [0.2, 0.25) is 0 Å². The maximum atomic E-state index is 5.55. The third-order valence-electron chi connectivity index (χ3n) is 2.08. The fourth-order valence-electron chi connectivity index (χ4n) is 1.35. The summed E-state index contributed by atoms with van der Waals surface area (Å²) in [5.41, 5.74) is -0.103. The first-order valence-corrected chi connectivity index (χ1v) is 5.95. The molecule has 0 radical (unpaired) electrons. The lowest BCUT2D eigenvalue weighted by atomic mass is 10.2. The number of nitrogens with one attached hydrogen (secondary N) is 1. The van der Waals surface area contributed by atoms with Crippen LogP contribution in [0.5, 0.6) is 0 Å². The summed E-state index contributed by atoms with van der Waals surface area (Å²) < 4.78 is 16.6. The van der Waals surface area contributed by atoms with Crippen LogP contribution in [0.3, 0.4) is 0 Å². The lowest BCUT2D eigenvalue weighted by Gasteiger charge is -2.19. The topological polar surface area (TPSA) is 43.6 Å². The summed E-state index contributed by atoms with van der Waals surface area (Å²) in [6.45, 7) is 8.52. The Morgan fingerprint density at radius 2 is 1.88 bits per heavy atom. The second-order valence-electron chi connectivity index (χ2n) is 4.91. The zero-order valence-corrected chi connectivity index (χ0v) is 11.2. The molecule has 0 spiro atoms. The number of furan rings is 1. The maximum absolute atomic E-state index is 5.55. The van der Waals surface area contributed by atoms with E-state index in [-0.39, 0.29) is 5.60 Å². The predicted octanol–water partition coefficient (Wildman–Crippen LogP) is 2.33. The largest absolute Gasteiger partial charge is 0.462 e. The van der Waals surface area contributed by atoms with Crippen molar-refractivity contribution in [2.45, 2.75) is 39.5 Å². The van der Waals surface area contributed by atoms with E-state index in [0.717, 1.165) is 18.1 Å². The third-order valence-corrected chi connectivity index (χ3v) is 2.08. The maximum Gasteiger partial charge on any atom is 0.129 e. The van der Waals surface area contributed by atoms with Crippen molar-refractivity contribution in [2.24, 2.45) is 0 Å². The van der Waals surface area contributed by atoms with Gasteiger partial charge < -0.3 is 19.2 Å². The summed E-state index contributed by atoms with van der Waals surface area (Å²) in [5, 5.41) is 3.04. The van der Waals surface area contributed by atoms with E-state index in [2.05, 4.69) is 5.32 Å². The summed E-state index contributed by atoms with van der Waals surface area (Å²) in [6.07, 6.45) is 0. The molecule has 0 saturated heterocycles. The average Bonchev–Trinajstić information content (AvgIpc) is 2.64. The van der Waals surface area contributed by atoms with Crippen LogP contribution in [-0.2, 0) is 22.6 Å². The molecule has 4 heteroatoms. The van der Waals surface area contributed by atoms with Crippen LogP contribution in [0.4, 0.5) is 0 Å². The van der Waals surface area contributed by atoms with E-state index in [1.807, 2.05) is 40.0 Å². The van der Waals surface area contributed by atoms with Gasteiger partial charge in [0.15, 0.2) is 0 Å². The number of hydrogen-bond acceptors (Lipinski definition) is 4. The Morgan fingerprint density at radius 3 is 2.53 bits per heavy atom. The van der Waals surface area contributed by atoms with Crippen LogP contribution in [0, 0.1) is 0 Å². The highest BCUT2D eigenvalue weighted by molar-refractivity contribution is 5.06. The number of rotatable bonds is 7. The molecule has 0 aliphatic carbocycles. The molecule has 1 N–H and O–H groups in total. The Morgan fingerprint density at radius 1 is 1.18 bits per heavy atom. The van der Waals surface area contributed by atoms with Crippen LogP contribution in [-0.4, -0.2) is 25.9 Å². The van der Waals surface area contributed by atoms with Gasteiger partial charge in [-0.3, -0.25) is 0 Å². The zero-order chi connectivity index (χ0) is 12.7. The molecule has 0 bridgehead atoms. The van der Waals surface area contributed by atoms with Crippen molar-refractivity contribution < 1.29 is 13.9 Å². The SMILES string of the molecule is CNCc1ccc(COCCOC(C)(C)C)o1. The van der Waals surface area contributed by atoms with Gasteiger partial charge in [0, 0.05) is 0 Å². The Bertz CT molecular complexity index is 315. The van der Waals surface area contributed by atoms with Gasteiger partial charge in [-0.25, -0.2) is 0 Å². The van der Waals surface area contributed by atoms with Gasteiger partial charge >= 0.3 is 0 Å². The second-order valence-corrected chi connectivity index (χ2v) is 4.91. The summed E-state index contributed by atoms with van der Waals surface area (Å²) in [5.74, 6) is 1.78. The van der Waals surface area contributed by atoms with E-state index >= 15 is 0 Å². The smallest absolute Gasteiger partial charge is 0.129 e. The Labute approximate surface area is 103 Å². The molecule has 4 nitrogen and oxygen atoms in total. The lowest BCUT2D eigenvalue weighted by Crippen LogP contribution is -2.21. The Balaban J connectivity index is 2.13. The highest BCUT2D eigenvalue weighted by atomic mass is 16.5. The van der Waals surface area contributed by atoms with Crippen LogP contribution >= 0.6 is 0 Å². The molecule has 0 atom stereocenters. The minimum Gasteiger partial charge on any atom is -0.462 e. The summed E-state index contributed by atoms with van der Waals surface area (Å²) in [6, 6.07) is 3.90. The molecular formula is C13H23NO3. The van der Waals surface area contributed by atoms with E-state index in [1.165, 1.54) is 0 Å². The quantitative estimate of drug-likeness (QED) is 0.744. The van der Waals surface area contributed by atoms with Crippen LogP contribution in [0.25, 0.3) is 0 Å². The Hall–Kier alpha value is -0.840. The van der Waals surface area contributed by atoms with Crippen molar-refractivity contribution in [2.75, 3.05) is 20.3 Å². The zero-order valence-electron chi connectivity index (χ0n) is 11.2. The van der Waals surface area contributed by atoms with Crippen molar-refractivity contribution in [3.8, 4) is 0 Å². The molecule has 0 amide bonds. The molecular weight excluding hydrogens is 218 g/mol. The van der Waals surface area contributed by atoms with Gasteiger partial charge in [-0.2, -0.15) is 0 Å². The minimum absolute atomic E-state index is 0.103.